The van der Waals surface area contributed by atoms with Gasteiger partial charge in [-0.3, -0.25) is 4.40 Å². The van der Waals surface area contributed by atoms with Crippen LogP contribution in [0.4, 0.5) is 0 Å². The molecule has 3 aromatic rings. The summed E-state index contributed by atoms with van der Waals surface area (Å²) in [7, 11) is 0. The predicted molar refractivity (Wildman–Crippen MR) is 73.7 cm³/mol. The summed E-state index contributed by atoms with van der Waals surface area (Å²) >= 11 is 5.35. The summed E-state index contributed by atoms with van der Waals surface area (Å²) < 4.78 is 3.47. The topological polar surface area (TPSA) is 17.3 Å². The van der Waals surface area contributed by atoms with Crippen LogP contribution >= 0.6 is 27.3 Å². The van der Waals surface area contributed by atoms with Crippen molar-refractivity contribution >= 4 is 32.2 Å². The number of aromatic nitrogens is 2. The van der Waals surface area contributed by atoms with Crippen molar-refractivity contribution in [1.82, 2.24) is 9.38 Å². The van der Waals surface area contributed by atoms with Gasteiger partial charge >= 0.3 is 0 Å². The molecule has 2 aromatic heterocycles. The fraction of sp³-hybridized carbons (Fsp3) is 0.154. The molecule has 0 unspecified atom stereocenters. The number of hydrogen-bond acceptors (Lipinski definition) is 2. The van der Waals surface area contributed by atoms with Crippen LogP contribution in [0.2, 0.25) is 0 Å². The summed E-state index contributed by atoms with van der Waals surface area (Å²) in [4.78, 5) is 5.87. The highest BCUT2D eigenvalue weighted by molar-refractivity contribution is 9.10. The van der Waals surface area contributed by atoms with Crippen LogP contribution < -0.4 is 0 Å². The largest absolute Gasteiger partial charge is 0.291 e. The van der Waals surface area contributed by atoms with Crippen molar-refractivity contribution in [1.29, 1.82) is 0 Å². The van der Waals surface area contributed by atoms with E-state index in [1.165, 1.54) is 27.0 Å². The number of hydrogen-bond donors (Lipinski definition) is 0. The first-order valence-electron chi connectivity index (χ1n) is 5.49. The van der Waals surface area contributed by atoms with Crippen LogP contribution in [0.1, 0.15) is 17.0 Å². The summed E-state index contributed by atoms with van der Waals surface area (Å²) in [6, 6.07) is 6.35. The van der Waals surface area contributed by atoms with Gasteiger partial charge in [-0.15, -0.1) is 11.3 Å². The van der Waals surface area contributed by atoms with Crippen LogP contribution in [-0.2, 0) is 6.42 Å². The SMILES string of the molecule is Cc1csc2nc3c(n12)Cc1c(Br)cccc1-3. The number of nitrogens with zero attached hydrogens (tertiary/aromatic N) is 2. The Kier molecular flexibility index (Phi) is 1.86. The molecule has 4 heteroatoms. The zero-order chi connectivity index (χ0) is 11.6. The Morgan fingerprint density at radius 2 is 2.29 bits per heavy atom. The van der Waals surface area contributed by atoms with E-state index in [1.807, 2.05) is 0 Å². The van der Waals surface area contributed by atoms with Crippen molar-refractivity contribution < 1.29 is 0 Å². The van der Waals surface area contributed by atoms with Crippen LogP contribution in [0.3, 0.4) is 0 Å². The number of aryl methyl sites for hydroxylation is 1. The van der Waals surface area contributed by atoms with E-state index in [4.69, 9.17) is 4.98 Å². The van der Waals surface area contributed by atoms with Gasteiger partial charge in [0.1, 0.15) is 0 Å². The lowest BCUT2D eigenvalue weighted by molar-refractivity contribution is 1.02. The van der Waals surface area contributed by atoms with E-state index < -0.39 is 0 Å². The molecule has 0 atom stereocenters. The van der Waals surface area contributed by atoms with E-state index in [0.717, 1.165) is 17.1 Å². The third kappa shape index (κ3) is 1.17. The molecule has 1 aromatic carbocycles. The molecule has 0 bridgehead atoms. The molecule has 1 aliphatic rings. The van der Waals surface area contributed by atoms with E-state index >= 15 is 0 Å². The van der Waals surface area contributed by atoms with Crippen molar-refractivity contribution in [3.8, 4) is 11.3 Å². The molecule has 0 amide bonds. The molecule has 17 heavy (non-hydrogen) atoms. The minimum atomic E-state index is 0.977. The van der Waals surface area contributed by atoms with Crippen LogP contribution in [-0.4, -0.2) is 9.38 Å². The molecule has 4 rings (SSSR count). The van der Waals surface area contributed by atoms with Crippen molar-refractivity contribution in [2.45, 2.75) is 13.3 Å². The Morgan fingerprint density at radius 1 is 1.41 bits per heavy atom. The molecule has 0 aliphatic heterocycles. The Bertz CT molecular complexity index is 754. The van der Waals surface area contributed by atoms with Gasteiger partial charge in [0, 0.05) is 27.5 Å². The highest BCUT2D eigenvalue weighted by Crippen LogP contribution is 2.41. The summed E-state index contributed by atoms with van der Waals surface area (Å²) in [6.45, 7) is 2.14. The van der Waals surface area contributed by atoms with Gasteiger partial charge < -0.3 is 0 Å². The molecule has 0 saturated heterocycles. The Balaban J connectivity index is 2.11. The second-order valence-electron chi connectivity index (χ2n) is 4.34. The molecule has 1 aliphatic carbocycles. The third-order valence-corrected chi connectivity index (χ3v) is 5.03. The molecular weight excluding hydrogens is 296 g/mol. The molecule has 2 nitrogen and oxygen atoms in total. The van der Waals surface area contributed by atoms with Gasteiger partial charge in [0.05, 0.1) is 11.4 Å². The maximum atomic E-state index is 4.76. The van der Waals surface area contributed by atoms with E-state index in [1.54, 1.807) is 11.3 Å². The van der Waals surface area contributed by atoms with Gasteiger partial charge in [-0.2, -0.15) is 0 Å². The number of rotatable bonds is 0. The first-order valence-corrected chi connectivity index (χ1v) is 7.16. The monoisotopic (exact) mass is 304 g/mol. The predicted octanol–water partition coefficient (Wildman–Crippen LogP) is 4.04. The lowest BCUT2D eigenvalue weighted by Crippen LogP contribution is -1.91. The number of imidazole rings is 1. The molecule has 2 heterocycles. The van der Waals surface area contributed by atoms with E-state index in [9.17, 15) is 0 Å². The lowest BCUT2D eigenvalue weighted by atomic mass is 10.1. The number of benzene rings is 1. The zero-order valence-electron chi connectivity index (χ0n) is 9.20. The highest BCUT2D eigenvalue weighted by Gasteiger charge is 2.26. The molecular formula is C13H9BrN2S. The Morgan fingerprint density at radius 3 is 3.18 bits per heavy atom. The van der Waals surface area contributed by atoms with Gasteiger partial charge in [-0.05, 0) is 18.6 Å². The van der Waals surface area contributed by atoms with Crippen LogP contribution in [0.15, 0.2) is 28.1 Å². The van der Waals surface area contributed by atoms with Crippen molar-refractivity contribution in [3.63, 3.8) is 0 Å². The van der Waals surface area contributed by atoms with Crippen LogP contribution in [0.25, 0.3) is 16.2 Å². The maximum Gasteiger partial charge on any atom is 0.194 e. The Hall–Kier alpha value is -1.13. The summed E-state index contributed by atoms with van der Waals surface area (Å²) in [6.07, 6.45) is 0.977. The lowest BCUT2D eigenvalue weighted by Gasteiger charge is -2.01. The third-order valence-electron chi connectivity index (χ3n) is 3.35. The van der Waals surface area contributed by atoms with Gasteiger partial charge in [0.25, 0.3) is 0 Å². The van der Waals surface area contributed by atoms with E-state index in [2.05, 4.69) is 50.8 Å². The van der Waals surface area contributed by atoms with Crippen molar-refractivity contribution in [2.75, 3.05) is 0 Å². The molecule has 0 fully saturated rings. The zero-order valence-corrected chi connectivity index (χ0v) is 11.6. The molecule has 84 valence electrons. The molecule has 0 saturated carbocycles. The minimum absolute atomic E-state index is 0.977. The standard InChI is InChI=1S/C13H9BrN2S/c1-7-6-17-13-15-12-8-3-2-4-10(14)9(8)5-11(12)16(7)13/h2-4,6H,5H2,1H3. The second kappa shape index (κ2) is 3.21. The highest BCUT2D eigenvalue weighted by atomic mass is 79.9. The first-order chi connectivity index (χ1) is 8.25. The first kappa shape index (κ1) is 9.85. The van der Waals surface area contributed by atoms with Gasteiger partial charge in [0.2, 0.25) is 0 Å². The number of thiazole rings is 1. The average molecular weight is 305 g/mol. The maximum absolute atomic E-state index is 4.76. The normalized spacial score (nSPS) is 13.1. The quantitative estimate of drug-likeness (QED) is 0.479. The van der Waals surface area contributed by atoms with Gasteiger partial charge in [0.15, 0.2) is 4.96 Å². The fourth-order valence-electron chi connectivity index (χ4n) is 2.57. The summed E-state index contributed by atoms with van der Waals surface area (Å²) in [5.74, 6) is 0. The molecule has 0 spiro atoms. The van der Waals surface area contributed by atoms with Gasteiger partial charge in [-0.1, -0.05) is 28.1 Å². The minimum Gasteiger partial charge on any atom is -0.291 e. The molecule has 0 radical (unpaired) electrons. The Labute approximate surface area is 111 Å². The van der Waals surface area contributed by atoms with Crippen molar-refractivity contribution in [2.24, 2.45) is 0 Å². The summed E-state index contributed by atoms with van der Waals surface area (Å²) in [5, 5.41) is 2.17. The number of fused-ring (bicyclic) bond motifs is 5. The van der Waals surface area contributed by atoms with Gasteiger partial charge in [-0.25, -0.2) is 4.98 Å². The van der Waals surface area contributed by atoms with Crippen molar-refractivity contribution in [3.05, 3.63) is 45.0 Å². The summed E-state index contributed by atoms with van der Waals surface area (Å²) in [5.41, 5.74) is 6.43. The average Bonchev–Trinajstić information content (AvgIpc) is 2.91. The van der Waals surface area contributed by atoms with E-state index in [-0.39, 0.29) is 0 Å². The number of halogens is 1. The smallest absolute Gasteiger partial charge is 0.194 e. The van der Waals surface area contributed by atoms with E-state index in [0.29, 0.717) is 0 Å². The van der Waals surface area contributed by atoms with Crippen LogP contribution in [0, 0.1) is 6.92 Å². The molecule has 0 N–H and O–H groups in total. The second-order valence-corrected chi connectivity index (χ2v) is 6.04. The van der Waals surface area contributed by atoms with Crippen LogP contribution in [0.5, 0.6) is 0 Å². The fourth-order valence-corrected chi connectivity index (χ4v) is 3.96.